The molecule has 1 aliphatic heterocycles. The zero-order chi connectivity index (χ0) is 15.4. The van der Waals surface area contributed by atoms with Crippen LogP contribution in [0.4, 0.5) is 0 Å². The van der Waals surface area contributed by atoms with Crippen LogP contribution in [0.3, 0.4) is 0 Å². The van der Waals surface area contributed by atoms with E-state index in [1.807, 2.05) is 6.92 Å². The van der Waals surface area contributed by atoms with Crippen molar-refractivity contribution < 1.29 is 9.53 Å². The summed E-state index contributed by atoms with van der Waals surface area (Å²) in [7, 11) is 0. The first-order chi connectivity index (χ1) is 10.0. The lowest BCUT2D eigenvalue weighted by Crippen LogP contribution is -2.39. The Kier molecular flexibility index (Phi) is 5.40. The van der Waals surface area contributed by atoms with Crippen molar-refractivity contribution in [3.8, 4) is 0 Å². The molecule has 3 nitrogen and oxygen atoms in total. The molecule has 1 fully saturated rings. The maximum absolute atomic E-state index is 11.9. The van der Waals surface area contributed by atoms with Gasteiger partial charge >= 0.3 is 5.97 Å². The molecular formula is C18H27NO2. The normalized spacial score (nSPS) is 19.5. The second kappa shape index (κ2) is 7.08. The van der Waals surface area contributed by atoms with Crippen LogP contribution in [0, 0.1) is 26.7 Å². The molecule has 1 aliphatic rings. The number of nitrogens with zero attached hydrogens (tertiary/aromatic N) is 1. The smallest absolute Gasteiger partial charge is 0.310 e. The number of likely N-dealkylation sites (tertiary alicyclic amines) is 1. The van der Waals surface area contributed by atoms with E-state index in [9.17, 15) is 4.79 Å². The molecule has 1 aromatic rings. The average molecular weight is 289 g/mol. The molecule has 1 atom stereocenters. The molecular weight excluding hydrogens is 262 g/mol. The predicted molar refractivity (Wildman–Crippen MR) is 85.3 cm³/mol. The Morgan fingerprint density at radius 2 is 1.95 bits per heavy atom. The first-order valence-corrected chi connectivity index (χ1v) is 7.97. The number of carbonyl (C=O) groups is 1. The van der Waals surface area contributed by atoms with Crippen molar-refractivity contribution in [3.05, 3.63) is 34.4 Å². The number of carbonyl (C=O) groups excluding carboxylic acids is 1. The number of hydrogen-bond donors (Lipinski definition) is 0. The van der Waals surface area contributed by atoms with Crippen molar-refractivity contribution in [1.82, 2.24) is 4.90 Å². The Bertz CT molecular complexity index is 487. The Hall–Kier alpha value is -1.35. The summed E-state index contributed by atoms with van der Waals surface area (Å²) >= 11 is 0. The third kappa shape index (κ3) is 4.07. The summed E-state index contributed by atoms with van der Waals surface area (Å²) in [5, 5.41) is 0. The van der Waals surface area contributed by atoms with E-state index in [1.54, 1.807) is 0 Å². The lowest BCUT2D eigenvalue weighted by molar-refractivity contribution is -0.150. The maximum Gasteiger partial charge on any atom is 0.310 e. The Labute approximate surface area is 128 Å². The van der Waals surface area contributed by atoms with Crippen LogP contribution in [-0.4, -0.2) is 30.6 Å². The summed E-state index contributed by atoms with van der Waals surface area (Å²) < 4.78 is 5.18. The Morgan fingerprint density at radius 1 is 1.29 bits per heavy atom. The van der Waals surface area contributed by atoms with Gasteiger partial charge in [-0.15, -0.1) is 0 Å². The summed E-state index contributed by atoms with van der Waals surface area (Å²) in [5.41, 5.74) is 5.43. The van der Waals surface area contributed by atoms with Gasteiger partial charge < -0.3 is 4.74 Å². The molecule has 116 valence electrons. The van der Waals surface area contributed by atoms with E-state index in [4.69, 9.17) is 4.74 Å². The van der Waals surface area contributed by atoms with Gasteiger partial charge in [-0.25, -0.2) is 0 Å². The molecule has 3 heteroatoms. The fraction of sp³-hybridized carbons (Fsp3) is 0.611. The van der Waals surface area contributed by atoms with Crippen molar-refractivity contribution >= 4 is 5.97 Å². The van der Waals surface area contributed by atoms with Crippen LogP contribution in [0.2, 0.25) is 0 Å². The van der Waals surface area contributed by atoms with Gasteiger partial charge in [-0.2, -0.15) is 0 Å². The number of hydrogen-bond acceptors (Lipinski definition) is 3. The molecule has 1 aromatic carbocycles. The Balaban J connectivity index is 2.04. The van der Waals surface area contributed by atoms with Crippen LogP contribution in [0.1, 0.15) is 42.0 Å². The van der Waals surface area contributed by atoms with Crippen LogP contribution < -0.4 is 0 Å². The average Bonchev–Trinajstić information content (AvgIpc) is 2.43. The largest absolute Gasteiger partial charge is 0.466 e. The van der Waals surface area contributed by atoms with Crippen molar-refractivity contribution in [2.45, 2.75) is 47.1 Å². The first-order valence-electron chi connectivity index (χ1n) is 7.97. The van der Waals surface area contributed by atoms with Gasteiger partial charge in [0.05, 0.1) is 12.5 Å². The van der Waals surface area contributed by atoms with E-state index in [0.29, 0.717) is 6.61 Å². The number of piperidine rings is 1. The molecule has 0 bridgehead atoms. The lowest BCUT2D eigenvalue weighted by Gasteiger charge is -2.32. The molecule has 0 aliphatic carbocycles. The van der Waals surface area contributed by atoms with Gasteiger partial charge in [-0.1, -0.05) is 17.7 Å². The van der Waals surface area contributed by atoms with Crippen LogP contribution in [0.15, 0.2) is 12.1 Å². The minimum Gasteiger partial charge on any atom is -0.466 e. The summed E-state index contributed by atoms with van der Waals surface area (Å²) in [6.07, 6.45) is 2.04. The highest BCUT2D eigenvalue weighted by Crippen LogP contribution is 2.23. The second-order valence-electron chi connectivity index (χ2n) is 6.20. The molecule has 0 N–H and O–H groups in total. The topological polar surface area (TPSA) is 29.5 Å². The molecule has 1 heterocycles. The number of aryl methyl sites for hydroxylation is 3. The fourth-order valence-electron chi connectivity index (χ4n) is 3.33. The van der Waals surface area contributed by atoms with E-state index >= 15 is 0 Å². The van der Waals surface area contributed by atoms with Crippen LogP contribution >= 0.6 is 0 Å². The summed E-state index contributed by atoms with van der Waals surface area (Å²) in [5.74, 6) is 0.0179. The van der Waals surface area contributed by atoms with Crippen LogP contribution in [0.5, 0.6) is 0 Å². The summed E-state index contributed by atoms with van der Waals surface area (Å²) in [4.78, 5) is 14.3. The minimum absolute atomic E-state index is 0.0282. The number of esters is 1. The SMILES string of the molecule is CCOC(=O)[C@H]1CCCN(Cc2c(C)cc(C)cc2C)C1. The molecule has 0 spiro atoms. The van der Waals surface area contributed by atoms with Crippen molar-refractivity contribution in [1.29, 1.82) is 0 Å². The standard InChI is InChI=1S/C18H27NO2/c1-5-21-18(20)16-7-6-8-19(11-16)12-17-14(3)9-13(2)10-15(17)4/h9-10,16H,5-8,11-12H2,1-4H3/t16-/m0/s1. The fourth-order valence-corrected chi connectivity index (χ4v) is 3.33. The zero-order valence-electron chi connectivity index (χ0n) is 13.7. The minimum atomic E-state index is -0.0282. The Morgan fingerprint density at radius 3 is 2.57 bits per heavy atom. The highest BCUT2D eigenvalue weighted by Gasteiger charge is 2.27. The van der Waals surface area contributed by atoms with E-state index < -0.39 is 0 Å². The van der Waals surface area contributed by atoms with Gasteiger partial charge in [0.1, 0.15) is 0 Å². The molecule has 2 rings (SSSR count). The van der Waals surface area contributed by atoms with Gasteiger partial charge in [0.25, 0.3) is 0 Å². The van der Waals surface area contributed by atoms with Gasteiger partial charge in [0.2, 0.25) is 0 Å². The third-order valence-electron chi connectivity index (χ3n) is 4.35. The highest BCUT2D eigenvalue weighted by molar-refractivity contribution is 5.72. The first kappa shape index (κ1) is 16.0. The van der Waals surface area contributed by atoms with E-state index in [0.717, 1.165) is 32.5 Å². The van der Waals surface area contributed by atoms with E-state index in [2.05, 4.69) is 37.8 Å². The van der Waals surface area contributed by atoms with Gasteiger partial charge in [0.15, 0.2) is 0 Å². The summed E-state index contributed by atoms with van der Waals surface area (Å²) in [6, 6.07) is 4.49. The molecule has 0 aromatic heterocycles. The lowest BCUT2D eigenvalue weighted by atomic mass is 9.95. The quantitative estimate of drug-likeness (QED) is 0.796. The van der Waals surface area contributed by atoms with Crippen molar-refractivity contribution in [3.63, 3.8) is 0 Å². The molecule has 1 saturated heterocycles. The van der Waals surface area contributed by atoms with E-state index in [1.165, 1.54) is 22.3 Å². The van der Waals surface area contributed by atoms with Crippen LogP contribution in [-0.2, 0) is 16.1 Å². The molecule has 0 saturated carbocycles. The maximum atomic E-state index is 11.9. The van der Waals surface area contributed by atoms with Crippen molar-refractivity contribution in [2.75, 3.05) is 19.7 Å². The third-order valence-corrected chi connectivity index (χ3v) is 4.35. The van der Waals surface area contributed by atoms with Crippen LogP contribution in [0.25, 0.3) is 0 Å². The zero-order valence-corrected chi connectivity index (χ0v) is 13.7. The highest BCUT2D eigenvalue weighted by atomic mass is 16.5. The summed E-state index contributed by atoms with van der Waals surface area (Å²) in [6.45, 7) is 11.7. The van der Waals surface area contributed by atoms with Crippen molar-refractivity contribution in [2.24, 2.45) is 5.92 Å². The number of benzene rings is 1. The molecule has 21 heavy (non-hydrogen) atoms. The van der Waals surface area contributed by atoms with E-state index in [-0.39, 0.29) is 11.9 Å². The number of rotatable bonds is 4. The molecule has 0 amide bonds. The van der Waals surface area contributed by atoms with Gasteiger partial charge in [-0.05, 0) is 63.8 Å². The predicted octanol–water partition coefficient (Wildman–Crippen LogP) is 3.39. The van der Waals surface area contributed by atoms with Gasteiger partial charge in [-0.3, -0.25) is 9.69 Å². The van der Waals surface area contributed by atoms with Gasteiger partial charge in [0, 0.05) is 13.1 Å². The number of ether oxygens (including phenoxy) is 1. The monoisotopic (exact) mass is 289 g/mol. The second-order valence-corrected chi connectivity index (χ2v) is 6.20. The molecule has 0 unspecified atom stereocenters. The molecule has 0 radical (unpaired) electrons.